The van der Waals surface area contributed by atoms with Crippen molar-refractivity contribution in [3.63, 3.8) is 0 Å². The zero-order chi connectivity index (χ0) is 13.4. The average molecular weight is 272 g/mol. The number of nitrogens with one attached hydrogen (secondary N) is 1. The summed E-state index contributed by atoms with van der Waals surface area (Å²) in [4.78, 5) is 15.5. The van der Waals surface area contributed by atoms with E-state index in [1.807, 2.05) is 37.3 Å². The Morgan fingerprint density at radius 2 is 2.05 bits per heavy atom. The number of para-hydroxylation sites is 1. The highest BCUT2D eigenvalue weighted by Crippen LogP contribution is 2.10. The lowest BCUT2D eigenvalue weighted by molar-refractivity contribution is 0.465. The molecule has 0 unspecified atom stereocenters. The van der Waals surface area contributed by atoms with E-state index in [4.69, 9.17) is 16.6 Å². The second-order valence-corrected chi connectivity index (χ2v) is 4.77. The first-order chi connectivity index (χ1) is 9.15. The maximum Gasteiger partial charge on any atom is 0.262 e. The Morgan fingerprint density at radius 1 is 1.26 bits per heavy atom. The van der Waals surface area contributed by atoms with Crippen LogP contribution in [0.4, 0.5) is 0 Å². The molecule has 0 amide bonds. The standard InChI is InChI=1S/C14H12N2O2S/c1-9-6-7-10(18-9)8-16-13(17)11-4-2-3-5-12(11)15-14(16)19/h2-7H,8H2,1H3,(H,15,19). The molecule has 0 atom stereocenters. The van der Waals surface area contributed by atoms with Crippen LogP contribution in [0.25, 0.3) is 10.9 Å². The van der Waals surface area contributed by atoms with Gasteiger partial charge in [0.2, 0.25) is 0 Å². The van der Waals surface area contributed by atoms with Crippen LogP contribution in [0.5, 0.6) is 0 Å². The summed E-state index contributed by atoms with van der Waals surface area (Å²) in [6.07, 6.45) is 0. The largest absolute Gasteiger partial charge is 0.464 e. The van der Waals surface area contributed by atoms with E-state index in [0.29, 0.717) is 16.7 Å². The van der Waals surface area contributed by atoms with Crippen LogP contribution < -0.4 is 5.56 Å². The molecular weight excluding hydrogens is 260 g/mol. The number of furan rings is 1. The average Bonchev–Trinajstić information content (AvgIpc) is 2.80. The van der Waals surface area contributed by atoms with Crippen LogP contribution in [0, 0.1) is 11.7 Å². The molecule has 2 aromatic heterocycles. The number of aromatic nitrogens is 2. The number of hydrogen-bond donors (Lipinski definition) is 1. The lowest BCUT2D eigenvalue weighted by atomic mass is 10.2. The van der Waals surface area contributed by atoms with E-state index in [2.05, 4.69) is 4.98 Å². The van der Waals surface area contributed by atoms with Crippen LogP contribution in [0.15, 0.2) is 45.6 Å². The van der Waals surface area contributed by atoms with Gasteiger partial charge in [0.25, 0.3) is 5.56 Å². The smallest absolute Gasteiger partial charge is 0.262 e. The number of benzene rings is 1. The lowest BCUT2D eigenvalue weighted by Crippen LogP contribution is -2.22. The third-order valence-corrected chi connectivity index (χ3v) is 3.32. The van der Waals surface area contributed by atoms with Gasteiger partial charge < -0.3 is 9.40 Å². The molecule has 0 saturated heterocycles. The van der Waals surface area contributed by atoms with Gasteiger partial charge in [-0.05, 0) is 43.4 Å². The van der Waals surface area contributed by atoms with Crippen molar-refractivity contribution in [2.45, 2.75) is 13.5 Å². The van der Waals surface area contributed by atoms with Crippen molar-refractivity contribution in [2.24, 2.45) is 0 Å². The number of aryl methyl sites for hydroxylation is 1. The van der Waals surface area contributed by atoms with Gasteiger partial charge in [0, 0.05) is 0 Å². The summed E-state index contributed by atoms with van der Waals surface area (Å²) in [6, 6.07) is 11.1. The topological polar surface area (TPSA) is 50.9 Å². The number of hydrogen-bond acceptors (Lipinski definition) is 3. The minimum absolute atomic E-state index is 0.103. The van der Waals surface area contributed by atoms with Crippen LogP contribution in [0.3, 0.4) is 0 Å². The molecule has 0 fully saturated rings. The minimum Gasteiger partial charge on any atom is -0.464 e. The molecule has 96 valence electrons. The molecular formula is C14H12N2O2S. The Kier molecular flexibility index (Phi) is 2.83. The molecule has 5 heteroatoms. The van der Waals surface area contributed by atoms with Crippen LogP contribution in [0.2, 0.25) is 0 Å². The van der Waals surface area contributed by atoms with Crippen molar-refractivity contribution < 1.29 is 4.42 Å². The van der Waals surface area contributed by atoms with E-state index in [0.717, 1.165) is 17.0 Å². The van der Waals surface area contributed by atoms with E-state index in [1.165, 1.54) is 4.57 Å². The zero-order valence-electron chi connectivity index (χ0n) is 10.3. The first-order valence-corrected chi connectivity index (χ1v) is 6.33. The molecule has 3 rings (SSSR count). The van der Waals surface area contributed by atoms with Crippen LogP contribution >= 0.6 is 12.2 Å². The molecule has 3 aromatic rings. The Labute approximate surface area is 114 Å². The van der Waals surface area contributed by atoms with Crippen molar-refractivity contribution in [2.75, 3.05) is 0 Å². The SMILES string of the molecule is Cc1ccc(Cn2c(=S)[nH]c3ccccc3c2=O)o1. The summed E-state index contributed by atoms with van der Waals surface area (Å²) in [7, 11) is 0. The Morgan fingerprint density at radius 3 is 2.79 bits per heavy atom. The molecule has 0 aliphatic carbocycles. The fourth-order valence-electron chi connectivity index (χ4n) is 2.07. The van der Waals surface area contributed by atoms with E-state index >= 15 is 0 Å². The van der Waals surface area contributed by atoms with E-state index < -0.39 is 0 Å². The van der Waals surface area contributed by atoms with Gasteiger partial charge in [0.1, 0.15) is 11.5 Å². The molecule has 1 N–H and O–H groups in total. The second-order valence-electron chi connectivity index (χ2n) is 4.38. The molecule has 19 heavy (non-hydrogen) atoms. The number of rotatable bonds is 2. The van der Waals surface area contributed by atoms with Crippen molar-refractivity contribution in [1.29, 1.82) is 0 Å². The van der Waals surface area contributed by atoms with Gasteiger partial charge in [-0.15, -0.1) is 0 Å². The monoisotopic (exact) mass is 272 g/mol. The molecule has 4 nitrogen and oxygen atoms in total. The van der Waals surface area contributed by atoms with Crippen molar-refractivity contribution in [3.05, 3.63) is 63.0 Å². The summed E-state index contributed by atoms with van der Waals surface area (Å²) < 4.78 is 7.40. The minimum atomic E-state index is -0.103. The third-order valence-electron chi connectivity index (χ3n) is 3.00. The predicted octanol–water partition coefficient (Wildman–Crippen LogP) is 3.01. The van der Waals surface area contributed by atoms with Crippen molar-refractivity contribution in [1.82, 2.24) is 9.55 Å². The summed E-state index contributed by atoms with van der Waals surface area (Å²) in [5.74, 6) is 1.54. The number of aromatic amines is 1. The third kappa shape index (κ3) is 2.13. The maximum absolute atomic E-state index is 12.4. The van der Waals surface area contributed by atoms with Gasteiger partial charge in [-0.25, -0.2) is 0 Å². The fraction of sp³-hybridized carbons (Fsp3) is 0.143. The molecule has 0 aliphatic heterocycles. The molecule has 0 bridgehead atoms. The quantitative estimate of drug-likeness (QED) is 0.730. The van der Waals surface area contributed by atoms with Gasteiger partial charge >= 0.3 is 0 Å². The molecule has 0 aliphatic rings. The van der Waals surface area contributed by atoms with E-state index in [1.54, 1.807) is 6.07 Å². The summed E-state index contributed by atoms with van der Waals surface area (Å²) in [5, 5.41) is 0.624. The van der Waals surface area contributed by atoms with E-state index in [-0.39, 0.29) is 5.56 Å². The van der Waals surface area contributed by atoms with Crippen molar-refractivity contribution >= 4 is 23.1 Å². The fourth-order valence-corrected chi connectivity index (χ4v) is 2.33. The highest BCUT2D eigenvalue weighted by Gasteiger charge is 2.07. The van der Waals surface area contributed by atoms with Gasteiger partial charge in [0.15, 0.2) is 4.77 Å². The summed E-state index contributed by atoms with van der Waals surface area (Å²) in [6.45, 7) is 2.21. The van der Waals surface area contributed by atoms with Crippen LogP contribution in [-0.4, -0.2) is 9.55 Å². The first-order valence-electron chi connectivity index (χ1n) is 5.92. The number of fused-ring (bicyclic) bond motifs is 1. The summed E-state index contributed by atoms with van der Waals surface area (Å²) in [5.41, 5.74) is 0.651. The number of H-pyrrole nitrogens is 1. The van der Waals surface area contributed by atoms with Crippen LogP contribution in [0.1, 0.15) is 11.5 Å². The van der Waals surface area contributed by atoms with Crippen molar-refractivity contribution in [3.8, 4) is 0 Å². The Balaban J connectivity index is 2.18. The Hall–Kier alpha value is -2.14. The number of nitrogens with zero attached hydrogens (tertiary/aromatic N) is 1. The molecule has 1 aromatic carbocycles. The van der Waals surface area contributed by atoms with Gasteiger partial charge in [-0.3, -0.25) is 9.36 Å². The van der Waals surface area contributed by atoms with Gasteiger partial charge in [-0.1, -0.05) is 12.1 Å². The molecule has 0 saturated carbocycles. The highest BCUT2D eigenvalue weighted by atomic mass is 32.1. The zero-order valence-corrected chi connectivity index (χ0v) is 11.2. The second kappa shape index (κ2) is 4.51. The highest BCUT2D eigenvalue weighted by molar-refractivity contribution is 7.71. The molecule has 0 spiro atoms. The normalized spacial score (nSPS) is 11.0. The Bertz CT molecular complexity index is 857. The van der Waals surface area contributed by atoms with E-state index in [9.17, 15) is 4.79 Å². The van der Waals surface area contributed by atoms with Gasteiger partial charge in [-0.2, -0.15) is 0 Å². The van der Waals surface area contributed by atoms with Gasteiger partial charge in [0.05, 0.1) is 17.4 Å². The predicted molar refractivity (Wildman–Crippen MR) is 75.9 cm³/mol. The molecule has 2 heterocycles. The summed E-state index contributed by atoms with van der Waals surface area (Å²) >= 11 is 5.24. The lowest BCUT2D eigenvalue weighted by Gasteiger charge is -2.06. The maximum atomic E-state index is 12.4. The molecule has 0 radical (unpaired) electrons. The van der Waals surface area contributed by atoms with Crippen LogP contribution in [-0.2, 0) is 6.54 Å². The first kappa shape index (κ1) is 11.9.